The zero-order valence-electron chi connectivity index (χ0n) is 11.3. The molecule has 1 aromatic carbocycles. The quantitative estimate of drug-likeness (QED) is 0.811. The molecule has 1 aromatic heterocycles. The van der Waals surface area contributed by atoms with E-state index in [0.717, 1.165) is 5.56 Å². The van der Waals surface area contributed by atoms with Gasteiger partial charge < -0.3 is 9.84 Å². The van der Waals surface area contributed by atoms with Crippen molar-refractivity contribution in [1.29, 1.82) is 0 Å². The van der Waals surface area contributed by atoms with E-state index >= 15 is 0 Å². The van der Waals surface area contributed by atoms with Crippen molar-refractivity contribution in [3.63, 3.8) is 0 Å². The highest BCUT2D eigenvalue weighted by atomic mass is 35.5. The summed E-state index contributed by atoms with van der Waals surface area (Å²) in [6.45, 7) is 3.87. The minimum Gasteiger partial charge on any atom is -0.392 e. The molecule has 110 valence electrons. The van der Waals surface area contributed by atoms with E-state index < -0.39 is 6.10 Å². The summed E-state index contributed by atoms with van der Waals surface area (Å²) < 4.78 is 5.81. The maximum Gasteiger partial charge on any atom is 0.127 e. The number of pyridine rings is 1. The topological polar surface area (TPSA) is 42.4 Å². The molecule has 3 nitrogen and oxygen atoms in total. The van der Waals surface area contributed by atoms with E-state index in [1.807, 2.05) is 0 Å². The minimum atomic E-state index is -0.490. The molecule has 0 amide bonds. The summed E-state index contributed by atoms with van der Waals surface area (Å²) in [5.74, 6) is 0. The highest BCUT2D eigenvalue weighted by molar-refractivity contribution is 6.35. The number of rotatable bonds is 6. The zero-order chi connectivity index (χ0) is 15.2. The molecule has 21 heavy (non-hydrogen) atoms. The number of hydrogen-bond acceptors (Lipinski definition) is 3. The van der Waals surface area contributed by atoms with E-state index in [1.54, 1.807) is 42.6 Å². The lowest BCUT2D eigenvalue weighted by Crippen LogP contribution is -2.12. The number of hydrogen-bond donors (Lipinski definition) is 1. The summed E-state index contributed by atoms with van der Waals surface area (Å²) >= 11 is 12.2. The maximum atomic E-state index is 9.48. The monoisotopic (exact) mass is 323 g/mol. The molecule has 1 atom stereocenters. The van der Waals surface area contributed by atoms with Gasteiger partial charge in [-0.25, -0.2) is 0 Å². The fourth-order valence-corrected chi connectivity index (χ4v) is 2.52. The SMILES string of the molecule is C=CCOC(c1ccc(Cl)cc1Cl)c1ncccc1CO. The van der Waals surface area contributed by atoms with Crippen LogP contribution in [-0.2, 0) is 11.3 Å². The van der Waals surface area contributed by atoms with Gasteiger partial charge >= 0.3 is 0 Å². The molecular weight excluding hydrogens is 309 g/mol. The number of nitrogens with zero attached hydrogens (tertiary/aromatic N) is 1. The Hall–Kier alpha value is -1.39. The fourth-order valence-electron chi connectivity index (χ4n) is 2.02. The minimum absolute atomic E-state index is 0.123. The lowest BCUT2D eigenvalue weighted by Gasteiger charge is -2.20. The summed E-state index contributed by atoms with van der Waals surface area (Å²) in [6, 6.07) is 8.77. The van der Waals surface area contributed by atoms with Crippen LogP contribution in [-0.4, -0.2) is 16.7 Å². The number of aromatic nitrogens is 1. The first kappa shape index (κ1) is 16.0. The van der Waals surface area contributed by atoms with Crippen LogP contribution in [0.4, 0.5) is 0 Å². The molecule has 0 saturated heterocycles. The Morgan fingerprint density at radius 3 is 2.81 bits per heavy atom. The predicted octanol–water partition coefficient (Wildman–Crippen LogP) is 4.17. The lowest BCUT2D eigenvalue weighted by molar-refractivity contribution is 0.0991. The van der Waals surface area contributed by atoms with Crippen LogP contribution in [0.25, 0.3) is 0 Å². The first-order valence-corrected chi connectivity index (χ1v) is 7.15. The molecule has 0 bridgehead atoms. The molecule has 0 saturated carbocycles. The van der Waals surface area contributed by atoms with Crippen LogP contribution in [0.1, 0.15) is 22.9 Å². The highest BCUT2D eigenvalue weighted by Gasteiger charge is 2.21. The molecule has 0 aliphatic rings. The van der Waals surface area contributed by atoms with Crippen LogP contribution >= 0.6 is 23.2 Å². The molecule has 2 rings (SSSR count). The molecule has 2 aromatic rings. The molecule has 0 aliphatic carbocycles. The van der Waals surface area contributed by atoms with E-state index in [-0.39, 0.29) is 6.61 Å². The van der Waals surface area contributed by atoms with Crippen LogP contribution < -0.4 is 0 Å². The maximum absolute atomic E-state index is 9.48. The molecule has 0 aliphatic heterocycles. The second-order valence-electron chi connectivity index (χ2n) is 4.37. The summed E-state index contributed by atoms with van der Waals surface area (Å²) in [6.07, 6.45) is 2.82. The van der Waals surface area contributed by atoms with E-state index in [1.165, 1.54) is 0 Å². The van der Waals surface area contributed by atoms with E-state index in [9.17, 15) is 5.11 Å². The second kappa shape index (κ2) is 7.57. The van der Waals surface area contributed by atoms with Gasteiger partial charge in [0.1, 0.15) is 6.10 Å². The Balaban J connectivity index is 2.49. The number of aliphatic hydroxyl groups is 1. The summed E-state index contributed by atoms with van der Waals surface area (Å²) in [5, 5.41) is 10.5. The number of halogens is 2. The van der Waals surface area contributed by atoms with Gasteiger partial charge in [-0.1, -0.05) is 41.4 Å². The normalized spacial score (nSPS) is 12.1. The standard InChI is InChI=1S/C16H15Cl2NO2/c1-2-8-21-16(13-6-5-12(17)9-14(13)18)15-11(10-20)4-3-7-19-15/h2-7,9,16,20H,1,8,10H2. The van der Waals surface area contributed by atoms with Crippen LogP contribution in [0.2, 0.25) is 10.0 Å². The van der Waals surface area contributed by atoms with E-state index in [0.29, 0.717) is 27.9 Å². The molecule has 5 heteroatoms. The van der Waals surface area contributed by atoms with Crippen molar-refractivity contribution < 1.29 is 9.84 Å². The third-order valence-electron chi connectivity index (χ3n) is 2.97. The predicted molar refractivity (Wildman–Crippen MR) is 84.6 cm³/mol. The van der Waals surface area contributed by atoms with Gasteiger partial charge in [-0.05, 0) is 18.2 Å². The van der Waals surface area contributed by atoms with Crippen molar-refractivity contribution in [3.05, 3.63) is 76.0 Å². The third kappa shape index (κ3) is 3.83. The second-order valence-corrected chi connectivity index (χ2v) is 5.22. The van der Waals surface area contributed by atoms with E-state index in [2.05, 4.69) is 11.6 Å². The van der Waals surface area contributed by atoms with Gasteiger partial charge in [0.15, 0.2) is 0 Å². The Morgan fingerprint density at radius 1 is 1.33 bits per heavy atom. The third-order valence-corrected chi connectivity index (χ3v) is 3.53. The van der Waals surface area contributed by atoms with Crippen LogP contribution in [0.15, 0.2) is 49.2 Å². The smallest absolute Gasteiger partial charge is 0.127 e. The average Bonchev–Trinajstić information content (AvgIpc) is 2.49. The van der Waals surface area contributed by atoms with Crippen LogP contribution in [0.5, 0.6) is 0 Å². The van der Waals surface area contributed by atoms with Crippen molar-refractivity contribution in [1.82, 2.24) is 4.98 Å². The summed E-state index contributed by atoms with van der Waals surface area (Å²) in [5.41, 5.74) is 2.07. The first-order chi connectivity index (χ1) is 10.2. The highest BCUT2D eigenvalue weighted by Crippen LogP contribution is 2.33. The Labute approximate surface area is 133 Å². The Morgan fingerprint density at radius 2 is 2.14 bits per heavy atom. The molecule has 0 spiro atoms. The van der Waals surface area contributed by atoms with Crippen molar-refractivity contribution in [3.8, 4) is 0 Å². The van der Waals surface area contributed by atoms with Gasteiger partial charge in [0.25, 0.3) is 0 Å². The molecule has 0 radical (unpaired) electrons. The first-order valence-electron chi connectivity index (χ1n) is 6.39. The summed E-state index contributed by atoms with van der Waals surface area (Å²) in [7, 11) is 0. The van der Waals surface area contributed by atoms with Gasteiger partial charge in [0.05, 0.1) is 18.9 Å². The molecular formula is C16H15Cl2NO2. The van der Waals surface area contributed by atoms with Crippen molar-refractivity contribution in [2.24, 2.45) is 0 Å². The van der Waals surface area contributed by atoms with Gasteiger partial charge in [-0.3, -0.25) is 4.98 Å². The largest absolute Gasteiger partial charge is 0.392 e. The van der Waals surface area contributed by atoms with Crippen LogP contribution in [0.3, 0.4) is 0 Å². The summed E-state index contributed by atoms with van der Waals surface area (Å²) in [4.78, 5) is 4.33. The number of ether oxygens (including phenoxy) is 1. The lowest BCUT2D eigenvalue weighted by atomic mass is 10.0. The van der Waals surface area contributed by atoms with Crippen LogP contribution in [0, 0.1) is 0 Å². The van der Waals surface area contributed by atoms with Gasteiger partial charge in [0.2, 0.25) is 0 Å². The Kier molecular flexibility index (Phi) is 5.76. The molecule has 1 N–H and O–H groups in total. The van der Waals surface area contributed by atoms with Gasteiger partial charge in [0, 0.05) is 27.4 Å². The molecule has 1 heterocycles. The van der Waals surface area contributed by atoms with Crippen molar-refractivity contribution in [2.45, 2.75) is 12.7 Å². The molecule has 0 fully saturated rings. The fraction of sp³-hybridized carbons (Fsp3) is 0.188. The number of benzene rings is 1. The molecule has 1 unspecified atom stereocenters. The van der Waals surface area contributed by atoms with Crippen molar-refractivity contribution in [2.75, 3.05) is 6.61 Å². The Bertz CT molecular complexity index is 631. The van der Waals surface area contributed by atoms with Gasteiger partial charge in [-0.15, -0.1) is 6.58 Å². The average molecular weight is 324 g/mol. The van der Waals surface area contributed by atoms with Gasteiger partial charge in [-0.2, -0.15) is 0 Å². The van der Waals surface area contributed by atoms with E-state index in [4.69, 9.17) is 27.9 Å². The number of aliphatic hydroxyl groups excluding tert-OH is 1. The van der Waals surface area contributed by atoms with Crippen molar-refractivity contribution >= 4 is 23.2 Å². The zero-order valence-corrected chi connectivity index (χ0v) is 12.8.